The number of ether oxygens (including phenoxy) is 4. The summed E-state index contributed by atoms with van der Waals surface area (Å²) in [5, 5.41) is 14.4. The highest BCUT2D eigenvalue weighted by atomic mass is 35.5. The molecule has 2 aliphatic carbocycles. The van der Waals surface area contributed by atoms with Crippen molar-refractivity contribution in [2.24, 2.45) is 11.8 Å². The number of carbonyl (C=O) groups is 2. The molecule has 0 spiro atoms. The summed E-state index contributed by atoms with van der Waals surface area (Å²) >= 11 is 6.03. The molecule has 2 N–H and O–H groups in total. The normalized spacial score (nSPS) is 18.8. The highest BCUT2D eigenvalue weighted by Crippen LogP contribution is 2.42. The fraction of sp³-hybridized carbons (Fsp3) is 0.533. The summed E-state index contributed by atoms with van der Waals surface area (Å²) in [6.45, 7) is 2.78. The second kappa shape index (κ2) is 12.1. The largest absolute Gasteiger partial charge is 0.459 e. The number of carbonyl (C=O) groups excluding carboxylic acids is 2. The Kier molecular flexibility index (Phi) is 8.64. The molecule has 2 aromatic rings. The van der Waals surface area contributed by atoms with Crippen LogP contribution < -0.4 is 14.8 Å². The molecule has 2 aromatic carbocycles. The van der Waals surface area contributed by atoms with Crippen molar-refractivity contribution in [1.82, 2.24) is 5.32 Å². The van der Waals surface area contributed by atoms with E-state index in [0.717, 1.165) is 49.7 Å². The number of fused-ring (bicyclic) bond motifs is 1. The first-order valence-corrected chi connectivity index (χ1v) is 14.2. The molecule has 2 fully saturated rings. The van der Waals surface area contributed by atoms with Crippen LogP contribution in [0, 0.1) is 11.8 Å². The molecule has 0 bridgehead atoms. The summed E-state index contributed by atoms with van der Waals surface area (Å²) in [7, 11) is 0. The second-order valence-corrected chi connectivity index (χ2v) is 11.4. The molecule has 0 aromatic heterocycles. The third-order valence-corrected chi connectivity index (χ3v) is 7.64. The third-order valence-electron chi connectivity index (χ3n) is 7.40. The van der Waals surface area contributed by atoms with E-state index < -0.39 is 23.8 Å². The smallest absolute Gasteiger partial charge is 0.453 e. The molecule has 2 atom stereocenters. The standard InChI is InChI=1S/C30H36ClNO7/c1-19(32-18-25(33)23-3-2-4-24(31)17-23)15-22-9-10-26-27(16-22)39-30(38-26,28(34)36-13-11-20-5-6-20)29(35)37-14-12-21-7-8-21/h2-4,9-10,16-17,19-21,25,32-33H,5-8,11-15,18H2,1H3/t19-,25+/m1/s1. The Hall–Kier alpha value is -2.81. The summed E-state index contributed by atoms with van der Waals surface area (Å²) in [5.41, 5.74) is 1.66. The molecular weight excluding hydrogens is 522 g/mol. The Morgan fingerprint density at radius 1 is 1.00 bits per heavy atom. The van der Waals surface area contributed by atoms with Crippen molar-refractivity contribution in [3.05, 3.63) is 58.6 Å². The molecule has 0 unspecified atom stereocenters. The number of aliphatic hydroxyl groups excluding tert-OH is 1. The zero-order valence-corrected chi connectivity index (χ0v) is 23.0. The summed E-state index contributed by atoms with van der Waals surface area (Å²) in [5.74, 6) is -2.34. The first kappa shape index (κ1) is 27.7. The van der Waals surface area contributed by atoms with Gasteiger partial charge in [0, 0.05) is 17.6 Å². The van der Waals surface area contributed by atoms with Crippen molar-refractivity contribution in [2.75, 3.05) is 19.8 Å². The van der Waals surface area contributed by atoms with Crippen LogP contribution in [0.15, 0.2) is 42.5 Å². The van der Waals surface area contributed by atoms with Crippen molar-refractivity contribution < 1.29 is 33.6 Å². The lowest BCUT2D eigenvalue weighted by atomic mass is 10.1. The molecule has 5 rings (SSSR count). The summed E-state index contributed by atoms with van der Waals surface area (Å²) in [6, 6.07) is 12.5. The molecule has 9 heteroatoms. The predicted octanol–water partition coefficient (Wildman–Crippen LogP) is 4.75. The Morgan fingerprint density at radius 2 is 1.64 bits per heavy atom. The van der Waals surface area contributed by atoms with E-state index in [2.05, 4.69) is 5.32 Å². The van der Waals surface area contributed by atoms with Crippen LogP contribution in [0.25, 0.3) is 0 Å². The third kappa shape index (κ3) is 7.24. The van der Waals surface area contributed by atoms with E-state index in [-0.39, 0.29) is 30.8 Å². The van der Waals surface area contributed by atoms with Gasteiger partial charge in [-0.1, -0.05) is 55.5 Å². The molecule has 1 heterocycles. The van der Waals surface area contributed by atoms with Crippen LogP contribution in [-0.2, 0) is 25.5 Å². The zero-order chi connectivity index (χ0) is 27.4. The number of hydrogen-bond acceptors (Lipinski definition) is 8. The topological polar surface area (TPSA) is 103 Å². The van der Waals surface area contributed by atoms with Crippen LogP contribution in [0.4, 0.5) is 0 Å². The lowest BCUT2D eigenvalue weighted by molar-refractivity contribution is -0.202. The highest BCUT2D eigenvalue weighted by molar-refractivity contribution is 6.30. The first-order chi connectivity index (χ1) is 18.8. The van der Waals surface area contributed by atoms with Crippen molar-refractivity contribution in [3.8, 4) is 11.5 Å². The Morgan fingerprint density at radius 3 is 2.26 bits per heavy atom. The van der Waals surface area contributed by atoms with Gasteiger partial charge in [0.05, 0.1) is 19.3 Å². The fourth-order valence-corrected chi connectivity index (χ4v) is 4.83. The zero-order valence-electron chi connectivity index (χ0n) is 22.2. The molecule has 39 heavy (non-hydrogen) atoms. The van der Waals surface area contributed by atoms with Crippen LogP contribution in [-0.4, -0.2) is 48.6 Å². The van der Waals surface area contributed by atoms with Crippen molar-refractivity contribution in [1.29, 1.82) is 0 Å². The predicted molar refractivity (Wildman–Crippen MR) is 145 cm³/mol. The average Bonchev–Trinajstić information content (AvgIpc) is 3.86. The molecule has 0 radical (unpaired) electrons. The second-order valence-electron chi connectivity index (χ2n) is 10.9. The molecule has 2 saturated carbocycles. The van der Waals surface area contributed by atoms with E-state index in [4.69, 9.17) is 30.5 Å². The van der Waals surface area contributed by atoms with Gasteiger partial charge in [-0.2, -0.15) is 0 Å². The van der Waals surface area contributed by atoms with Crippen molar-refractivity contribution in [2.45, 2.75) is 69.8 Å². The lowest BCUT2D eigenvalue weighted by Gasteiger charge is -2.23. The Labute approximate surface area is 233 Å². The van der Waals surface area contributed by atoms with Crippen LogP contribution in [0.2, 0.25) is 5.02 Å². The molecule has 1 aliphatic heterocycles. The van der Waals surface area contributed by atoms with Crippen molar-refractivity contribution >= 4 is 23.5 Å². The van der Waals surface area contributed by atoms with Crippen LogP contribution in [0.1, 0.15) is 62.7 Å². The molecule has 0 amide bonds. The minimum absolute atomic E-state index is 0.0174. The van der Waals surface area contributed by atoms with Gasteiger partial charge in [0.1, 0.15) is 0 Å². The van der Waals surface area contributed by atoms with Gasteiger partial charge in [0.25, 0.3) is 0 Å². The lowest BCUT2D eigenvalue weighted by Crippen LogP contribution is -2.56. The SMILES string of the molecule is C[C@H](Cc1ccc2c(c1)OC(C(=O)OCCC1CC1)(C(=O)OCCC1CC1)O2)NC[C@H](O)c1cccc(Cl)c1. The number of hydrogen-bond donors (Lipinski definition) is 2. The maximum absolute atomic E-state index is 13.1. The number of aliphatic hydroxyl groups is 1. The van der Waals surface area contributed by atoms with E-state index >= 15 is 0 Å². The number of rotatable bonds is 14. The van der Waals surface area contributed by atoms with E-state index in [1.54, 1.807) is 24.3 Å². The van der Waals surface area contributed by atoms with E-state index in [1.165, 1.54) is 0 Å². The van der Waals surface area contributed by atoms with Gasteiger partial charge in [-0.25, -0.2) is 9.59 Å². The van der Waals surface area contributed by atoms with E-state index in [1.807, 2.05) is 25.1 Å². The molecule has 210 valence electrons. The number of benzene rings is 2. The molecule has 0 saturated heterocycles. The van der Waals surface area contributed by atoms with Crippen LogP contribution in [0.5, 0.6) is 11.5 Å². The molecule has 3 aliphatic rings. The van der Waals surface area contributed by atoms with Gasteiger partial charge < -0.3 is 29.4 Å². The van der Waals surface area contributed by atoms with Gasteiger partial charge in [-0.15, -0.1) is 0 Å². The maximum atomic E-state index is 13.1. The van der Waals surface area contributed by atoms with E-state index in [0.29, 0.717) is 29.8 Å². The Balaban J connectivity index is 1.20. The molecular formula is C30H36ClNO7. The number of esters is 2. The summed E-state index contributed by atoms with van der Waals surface area (Å²) < 4.78 is 22.6. The minimum atomic E-state index is -2.29. The van der Waals surface area contributed by atoms with Gasteiger partial charge in [-0.05, 0) is 73.4 Å². The van der Waals surface area contributed by atoms with Crippen molar-refractivity contribution in [3.63, 3.8) is 0 Å². The van der Waals surface area contributed by atoms with Gasteiger partial charge in [0.15, 0.2) is 11.5 Å². The van der Waals surface area contributed by atoms with Crippen LogP contribution in [0.3, 0.4) is 0 Å². The summed E-state index contributed by atoms with van der Waals surface area (Å²) in [6.07, 6.45) is 5.99. The maximum Gasteiger partial charge on any atom is 0.453 e. The van der Waals surface area contributed by atoms with Gasteiger partial charge >= 0.3 is 17.7 Å². The molecule has 8 nitrogen and oxygen atoms in total. The number of halogens is 1. The Bertz CT molecular complexity index is 1150. The van der Waals surface area contributed by atoms with Gasteiger partial charge in [-0.3, -0.25) is 0 Å². The monoisotopic (exact) mass is 557 g/mol. The quantitative estimate of drug-likeness (QED) is 0.253. The van der Waals surface area contributed by atoms with Gasteiger partial charge in [0.2, 0.25) is 0 Å². The number of nitrogens with one attached hydrogen (secondary N) is 1. The van der Waals surface area contributed by atoms with E-state index in [9.17, 15) is 14.7 Å². The first-order valence-electron chi connectivity index (χ1n) is 13.8. The minimum Gasteiger partial charge on any atom is -0.459 e. The average molecular weight is 558 g/mol. The summed E-state index contributed by atoms with van der Waals surface area (Å²) in [4.78, 5) is 26.2. The highest BCUT2D eigenvalue weighted by Gasteiger charge is 2.60. The fourth-order valence-electron chi connectivity index (χ4n) is 4.63. The van der Waals surface area contributed by atoms with Crippen LogP contribution >= 0.6 is 11.6 Å².